The molecule has 3 rings (SSSR count). The van der Waals surface area contributed by atoms with Crippen molar-refractivity contribution in [3.63, 3.8) is 0 Å². The molecule has 7 heteroatoms. The summed E-state index contributed by atoms with van der Waals surface area (Å²) in [5.74, 6) is -1.20. The Balaban J connectivity index is 1.73. The Hall–Kier alpha value is -2.67. The summed E-state index contributed by atoms with van der Waals surface area (Å²) in [6, 6.07) is 13.3. The van der Waals surface area contributed by atoms with Crippen LogP contribution in [0.25, 0.3) is 0 Å². The van der Waals surface area contributed by atoms with Crippen LogP contribution in [-0.4, -0.2) is 31.1 Å². The largest absolute Gasteiger partial charge is 0.348 e. The van der Waals surface area contributed by atoms with Crippen molar-refractivity contribution < 1.29 is 18.0 Å². The van der Waals surface area contributed by atoms with Gasteiger partial charge in [-0.05, 0) is 31.5 Å². The summed E-state index contributed by atoms with van der Waals surface area (Å²) in [6.07, 6.45) is 0. The molecule has 0 bridgehead atoms. The van der Waals surface area contributed by atoms with Crippen molar-refractivity contribution in [2.24, 2.45) is 0 Å². The van der Waals surface area contributed by atoms with Gasteiger partial charge in [-0.3, -0.25) is 9.59 Å². The molecule has 0 spiro atoms. The molecule has 2 amide bonds. The molecule has 1 atom stereocenters. The zero-order chi connectivity index (χ0) is 18.2. The number of carbonyl (C=O) groups is 2. The predicted octanol–water partition coefficient (Wildman–Crippen LogP) is 2.02. The Morgan fingerprint density at radius 2 is 1.76 bits per heavy atom. The molecular weight excluding hydrogens is 340 g/mol. The van der Waals surface area contributed by atoms with Gasteiger partial charge in [-0.25, -0.2) is 12.7 Å². The van der Waals surface area contributed by atoms with E-state index in [1.54, 1.807) is 19.1 Å². The third-order valence-electron chi connectivity index (χ3n) is 4.15. The Morgan fingerprint density at radius 3 is 2.40 bits per heavy atom. The van der Waals surface area contributed by atoms with E-state index in [1.165, 1.54) is 12.1 Å². The number of hydrogen-bond donors (Lipinski definition) is 1. The van der Waals surface area contributed by atoms with Crippen molar-refractivity contribution in [3.05, 3.63) is 65.2 Å². The molecule has 0 aromatic heterocycles. The predicted molar refractivity (Wildman–Crippen MR) is 92.4 cm³/mol. The van der Waals surface area contributed by atoms with Crippen LogP contribution in [0.1, 0.15) is 34.5 Å². The van der Waals surface area contributed by atoms with E-state index < -0.39 is 28.4 Å². The van der Waals surface area contributed by atoms with Gasteiger partial charge in [-0.15, -0.1) is 0 Å². The third-order valence-corrected chi connectivity index (χ3v) is 5.94. The van der Waals surface area contributed by atoms with Crippen LogP contribution in [0.3, 0.4) is 0 Å². The van der Waals surface area contributed by atoms with Gasteiger partial charge < -0.3 is 5.32 Å². The molecule has 130 valence electrons. The number of carbonyl (C=O) groups excluding carboxylic acids is 2. The van der Waals surface area contributed by atoms with E-state index in [4.69, 9.17) is 0 Å². The van der Waals surface area contributed by atoms with Gasteiger partial charge in [0.1, 0.15) is 11.4 Å². The number of benzene rings is 2. The van der Waals surface area contributed by atoms with E-state index in [-0.39, 0.29) is 16.5 Å². The van der Waals surface area contributed by atoms with Crippen LogP contribution in [0.4, 0.5) is 0 Å². The minimum Gasteiger partial charge on any atom is -0.348 e. The molecule has 0 aliphatic carbocycles. The Kier molecular flexibility index (Phi) is 4.34. The van der Waals surface area contributed by atoms with Crippen LogP contribution in [0.15, 0.2) is 53.4 Å². The lowest BCUT2D eigenvalue weighted by Crippen LogP contribution is -2.41. The van der Waals surface area contributed by atoms with Crippen molar-refractivity contribution in [2.45, 2.75) is 24.8 Å². The first-order valence-corrected chi connectivity index (χ1v) is 9.27. The normalized spacial score (nSPS) is 16.4. The van der Waals surface area contributed by atoms with Gasteiger partial charge in [0.2, 0.25) is 5.91 Å². The number of fused-ring (bicyclic) bond motifs is 1. The Labute approximate surface area is 146 Å². The summed E-state index contributed by atoms with van der Waals surface area (Å²) in [4.78, 5) is 24.5. The standard InChI is InChI=1S/C18H18N2O4S/c1-12-7-9-14(10-8-12)13(2)19-17(21)11-20-18(22)15-5-3-4-6-16(15)25(20,23)24/h3-10,13H,11H2,1-2H3,(H,19,21)/t13-/m1/s1. The van der Waals surface area contributed by atoms with Crippen LogP contribution in [0, 0.1) is 6.92 Å². The van der Waals surface area contributed by atoms with Gasteiger partial charge in [0.25, 0.3) is 15.9 Å². The first-order valence-electron chi connectivity index (χ1n) is 7.83. The van der Waals surface area contributed by atoms with E-state index in [0.717, 1.165) is 11.1 Å². The van der Waals surface area contributed by atoms with Gasteiger partial charge in [-0.2, -0.15) is 0 Å². The van der Waals surface area contributed by atoms with Gasteiger partial charge in [0, 0.05) is 0 Å². The number of sulfonamides is 1. The molecule has 1 N–H and O–H groups in total. The average Bonchev–Trinajstić information content (AvgIpc) is 2.77. The van der Waals surface area contributed by atoms with E-state index >= 15 is 0 Å². The second kappa shape index (κ2) is 6.33. The van der Waals surface area contributed by atoms with E-state index in [0.29, 0.717) is 4.31 Å². The van der Waals surface area contributed by atoms with Crippen molar-refractivity contribution >= 4 is 21.8 Å². The quantitative estimate of drug-likeness (QED) is 0.906. The van der Waals surface area contributed by atoms with E-state index in [1.807, 2.05) is 31.2 Å². The molecule has 2 aromatic rings. The van der Waals surface area contributed by atoms with Gasteiger partial charge in [0.05, 0.1) is 11.6 Å². The van der Waals surface area contributed by atoms with Crippen LogP contribution in [0.5, 0.6) is 0 Å². The average molecular weight is 358 g/mol. The molecule has 2 aromatic carbocycles. The molecule has 0 saturated heterocycles. The van der Waals surface area contributed by atoms with E-state index in [2.05, 4.69) is 5.32 Å². The first-order chi connectivity index (χ1) is 11.8. The van der Waals surface area contributed by atoms with Crippen LogP contribution >= 0.6 is 0 Å². The van der Waals surface area contributed by atoms with Crippen molar-refractivity contribution in [2.75, 3.05) is 6.54 Å². The van der Waals surface area contributed by atoms with Crippen molar-refractivity contribution in [1.29, 1.82) is 0 Å². The maximum absolute atomic E-state index is 12.4. The second-order valence-electron chi connectivity index (χ2n) is 6.01. The number of nitrogens with zero attached hydrogens (tertiary/aromatic N) is 1. The first kappa shape index (κ1) is 17.2. The maximum Gasteiger partial charge on any atom is 0.269 e. The van der Waals surface area contributed by atoms with Crippen LogP contribution in [0.2, 0.25) is 0 Å². The SMILES string of the molecule is Cc1ccc([C@@H](C)NC(=O)CN2C(=O)c3ccccc3S2(=O)=O)cc1. The fourth-order valence-corrected chi connectivity index (χ4v) is 4.27. The fourth-order valence-electron chi connectivity index (χ4n) is 2.74. The molecule has 1 aliphatic heterocycles. The van der Waals surface area contributed by atoms with E-state index in [9.17, 15) is 18.0 Å². The number of aryl methyl sites for hydroxylation is 1. The van der Waals surface area contributed by atoms with Gasteiger partial charge in [0.15, 0.2) is 0 Å². The summed E-state index contributed by atoms with van der Waals surface area (Å²) in [6.45, 7) is 3.23. The maximum atomic E-state index is 12.4. The molecule has 1 aliphatic rings. The Bertz CT molecular complexity index is 936. The zero-order valence-corrected chi connectivity index (χ0v) is 14.7. The highest BCUT2D eigenvalue weighted by Gasteiger charge is 2.41. The number of hydrogen-bond acceptors (Lipinski definition) is 4. The van der Waals surface area contributed by atoms with Gasteiger partial charge >= 0.3 is 0 Å². The summed E-state index contributed by atoms with van der Waals surface area (Å²) < 4.78 is 25.5. The zero-order valence-electron chi connectivity index (χ0n) is 13.9. The summed E-state index contributed by atoms with van der Waals surface area (Å²) in [5.41, 5.74) is 2.11. The topological polar surface area (TPSA) is 83.6 Å². The minimum atomic E-state index is -3.97. The summed E-state index contributed by atoms with van der Waals surface area (Å²) in [7, 11) is -3.97. The monoisotopic (exact) mass is 358 g/mol. The lowest BCUT2D eigenvalue weighted by molar-refractivity contribution is -0.121. The molecule has 0 unspecified atom stereocenters. The number of amides is 2. The van der Waals surface area contributed by atoms with Crippen LogP contribution in [-0.2, 0) is 14.8 Å². The molecule has 0 saturated carbocycles. The van der Waals surface area contributed by atoms with Crippen molar-refractivity contribution in [3.8, 4) is 0 Å². The van der Waals surface area contributed by atoms with Gasteiger partial charge in [-0.1, -0.05) is 42.0 Å². The minimum absolute atomic E-state index is 0.0561. The number of rotatable bonds is 4. The van der Waals surface area contributed by atoms with Crippen molar-refractivity contribution in [1.82, 2.24) is 9.62 Å². The lowest BCUT2D eigenvalue weighted by Gasteiger charge is -2.18. The lowest BCUT2D eigenvalue weighted by atomic mass is 10.1. The summed E-state index contributed by atoms with van der Waals surface area (Å²) in [5, 5.41) is 2.73. The molecule has 0 radical (unpaired) electrons. The third kappa shape index (κ3) is 3.15. The molecule has 25 heavy (non-hydrogen) atoms. The molecule has 6 nitrogen and oxygen atoms in total. The fraction of sp³-hybridized carbons (Fsp3) is 0.222. The highest BCUT2D eigenvalue weighted by molar-refractivity contribution is 7.90. The smallest absolute Gasteiger partial charge is 0.269 e. The van der Waals surface area contributed by atoms with Crippen LogP contribution < -0.4 is 5.32 Å². The molecular formula is C18H18N2O4S. The summed E-state index contributed by atoms with van der Waals surface area (Å²) >= 11 is 0. The Morgan fingerprint density at radius 1 is 1.12 bits per heavy atom. The second-order valence-corrected chi connectivity index (χ2v) is 7.84. The highest BCUT2D eigenvalue weighted by atomic mass is 32.2. The molecule has 0 fully saturated rings. The molecule has 1 heterocycles. The highest BCUT2D eigenvalue weighted by Crippen LogP contribution is 2.29. The number of nitrogens with one attached hydrogen (secondary N) is 1.